The van der Waals surface area contributed by atoms with E-state index in [0.717, 1.165) is 25.7 Å². The third-order valence-corrected chi connectivity index (χ3v) is 3.17. The van der Waals surface area contributed by atoms with E-state index in [2.05, 4.69) is 0 Å². The summed E-state index contributed by atoms with van der Waals surface area (Å²) in [6.07, 6.45) is -0.464. The van der Waals surface area contributed by atoms with Gasteiger partial charge in [0.25, 0.3) is 0 Å². The Morgan fingerprint density at radius 3 is 2.07 bits per heavy atom. The van der Waals surface area contributed by atoms with Gasteiger partial charge in [-0.2, -0.15) is 13.2 Å². The number of hydrogen-bond donors (Lipinski definition) is 1. The number of likely N-dealkylation sites (N-methyl/N-ethyl adjacent to an activating group) is 1. The maximum absolute atomic E-state index is 12.8. The van der Waals surface area contributed by atoms with Crippen LogP contribution in [-0.2, 0) is 0 Å². The van der Waals surface area contributed by atoms with Crippen LogP contribution in [0.1, 0.15) is 32.6 Å². The van der Waals surface area contributed by atoms with Crippen LogP contribution in [0.4, 0.5) is 13.2 Å². The molecule has 2 unspecified atom stereocenters. The van der Waals surface area contributed by atoms with Gasteiger partial charge in [0, 0.05) is 12.1 Å². The van der Waals surface area contributed by atoms with Crippen LogP contribution in [0.3, 0.4) is 0 Å². The molecule has 1 rings (SSSR count). The van der Waals surface area contributed by atoms with E-state index in [4.69, 9.17) is 5.73 Å². The fourth-order valence-corrected chi connectivity index (χ4v) is 2.44. The summed E-state index contributed by atoms with van der Waals surface area (Å²) in [5, 5.41) is 0. The average Bonchev–Trinajstić information content (AvgIpc) is 2.51. The second-order valence-electron chi connectivity index (χ2n) is 4.45. The van der Waals surface area contributed by atoms with Gasteiger partial charge in [0.15, 0.2) is 0 Å². The van der Waals surface area contributed by atoms with Crippen molar-refractivity contribution in [1.29, 1.82) is 0 Å². The molecule has 1 aliphatic carbocycles. The smallest absolute Gasteiger partial charge is 0.326 e. The number of nitrogens with zero attached hydrogens (tertiary/aromatic N) is 1. The molecule has 1 saturated carbocycles. The van der Waals surface area contributed by atoms with E-state index in [9.17, 15) is 13.2 Å². The van der Waals surface area contributed by atoms with Crippen LogP contribution in [0.15, 0.2) is 0 Å². The molecule has 0 aromatic rings. The Morgan fingerprint density at radius 2 is 1.73 bits per heavy atom. The van der Waals surface area contributed by atoms with Gasteiger partial charge in [-0.25, -0.2) is 0 Å². The molecule has 2 atom stereocenters. The van der Waals surface area contributed by atoms with E-state index in [0.29, 0.717) is 0 Å². The molecule has 0 aliphatic heterocycles. The monoisotopic (exact) mass is 224 g/mol. The van der Waals surface area contributed by atoms with Gasteiger partial charge < -0.3 is 5.73 Å². The Labute approximate surface area is 88.6 Å². The van der Waals surface area contributed by atoms with E-state index in [-0.39, 0.29) is 6.04 Å². The molecule has 0 aromatic heterocycles. The van der Waals surface area contributed by atoms with E-state index >= 15 is 0 Å². The number of halogens is 3. The highest BCUT2D eigenvalue weighted by Crippen LogP contribution is 2.31. The van der Waals surface area contributed by atoms with Crippen molar-refractivity contribution in [3.8, 4) is 0 Å². The SMILES string of the molecule is CC(N)C(N(C)C1CCCC1)C(F)(F)F. The van der Waals surface area contributed by atoms with Gasteiger partial charge in [-0.05, 0) is 26.8 Å². The van der Waals surface area contributed by atoms with Gasteiger partial charge in [-0.3, -0.25) is 4.90 Å². The number of nitrogens with two attached hydrogens (primary N) is 1. The van der Waals surface area contributed by atoms with Gasteiger partial charge in [-0.1, -0.05) is 12.8 Å². The highest BCUT2D eigenvalue weighted by molar-refractivity contribution is 4.89. The quantitative estimate of drug-likeness (QED) is 0.795. The van der Waals surface area contributed by atoms with Gasteiger partial charge >= 0.3 is 6.18 Å². The van der Waals surface area contributed by atoms with Crippen LogP contribution in [0.25, 0.3) is 0 Å². The normalized spacial score (nSPS) is 23.4. The first-order valence-corrected chi connectivity index (χ1v) is 5.38. The Morgan fingerprint density at radius 1 is 1.27 bits per heavy atom. The summed E-state index contributed by atoms with van der Waals surface area (Å²) in [7, 11) is 1.54. The Hall–Kier alpha value is -0.290. The third kappa shape index (κ3) is 3.08. The lowest BCUT2D eigenvalue weighted by Crippen LogP contribution is -2.56. The van der Waals surface area contributed by atoms with Crippen LogP contribution in [0, 0.1) is 0 Å². The fraction of sp³-hybridized carbons (Fsp3) is 1.00. The largest absolute Gasteiger partial charge is 0.405 e. The molecule has 0 radical (unpaired) electrons. The Balaban J connectivity index is 2.70. The zero-order valence-electron chi connectivity index (χ0n) is 9.22. The van der Waals surface area contributed by atoms with Crippen molar-refractivity contribution >= 4 is 0 Å². The molecule has 5 heteroatoms. The van der Waals surface area contributed by atoms with Crippen LogP contribution in [-0.4, -0.2) is 36.2 Å². The molecule has 0 aromatic carbocycles. The lowest BCUT2D eigenvalue weighted by molar-refractivity contribution is -0.189. The molecule has 0 heterocycles. The van der Waals surface area contributed by atoms with Crippen molar-refractivity contribution in [2.45, 2.75) is 56.9 Å². The predicted molar refractivity (Wildman–Crippen MR) is 53.5 cm³/mol. The number of hydrogen-bond acceptors (Lipinski definition) is 2. The molecular formula is C10H19F3N2. The minimum atomic E-state index is -4.23. The topological polar surface area (TPSA) is 29.3 Å². The molecule has 2 N–H and O–H groups in total. The molecule has 1 aliphatic rings. The minimum absolute atomic E-state index is 0.0441. The predicted octanol–water partition coefficient (Wildman–Crippen LogP) is 2.14. The van der Waals surface area contributed by atoms with Crippen LogP contribution in [0.2, 0.25) is 0 Å². The first-order chi connectivity index (χ1) is 6.84. The zero-order valence-corrected chi connectivity index (χ0v) is 9.22. The van der Waals surface area contributed by atoms with Gasteiger partial charge in [0.1, 0.15) is 6.04 Å². The molecule has 0 spiro atoms. The van der Waals surface area contributed by atoms with Crippen molar-refractivity contribution in [2.75, 3.05) is 7.05 Å². The highest BCUT2D eigenvalue weighted by Gasteiger charge is 2.46. The fourth-order valence-electron chi connectivity index (χ4n) is 2.44. The zero-order chi connectivity index (χ0) is 11.6. The van der Waals surface area contributed by atoms with E-state index in [1.54, 1.807) is 0 Å². The van der Waals surface area contributed by atoms with Crippen molar-refractivity contribution in [2.24, 2.45) is 5.73 Å². The lowest BCUT2D eigenvalue weighted by atomic mass is 10.1. The molecule has 1 fully saturated rings. The maximum Gasteiger partial charge on any atom is 0.405 e. The molecule has 15 heavy (non-hydrogen) atoms. The second kappa shape index (κ2) is 4.70. The van der Waals surface area contributed by atoms with Gasteiger partial charge in [0.05, 0.1) is 0 Å². The van der Waals surface area contributed by atoms with Gasteiger partial charge in [0.2, 0.25) is 0 Å². The number of alkyl halides is 3. The van der Waals surface area contributed by atoms with Gasteiger partial charge in [-0.15, -0.1) is 0 Å². The van der Waals surface area contributed by atoms with Crippen LogP contribution >= 0.6 is 0 Å². The second-order valence-corrected chi connectivity index (χ2v) is 4.45. The minimum Gasteiger partial charge on any atom is -0.326 e. The molecular weight excluding hydrogens is 205 g/mol. The number of rotatable bonds is 3. The Bertz CT molecular complexity index is 197. The van der Waals surface area contributed by atoms with E-state index < -0.39 is 18.3 Å². The van der Waals surface area contributed by atoms with E-state index in [1.807, 2.05) is 0 Å². The third-order valence-electron chi connectivity index (χ3n) is 3.17. The lowest BCUT2D eigenvalue weighted by Gasteiger charge is -2.36. The average molecular weight is 224 g/mol. The first-order valence-electron chi connectivity index (χ1n) is 5.38. The summed E-state index contributed by atoms with van der Waals surface area (Å²) < 4.78 is 38.3. The molecule has 90 valence electrons. The van der Waals surface area contributed by atoms with Crippen molar-refractivity contribution in [1.82, 2.24) is 4.90 Å². The summed E-state index contributed by atoms with van der Waals surface area (Å²) in [5.41, 5.74) is 5.43. The first kappa shape index (κ1) is 12.8. The molecule has 0 saturated heterocycles. The standard InChI is InChI=1S/C10H19F3N2/c1-7(14)9(10(11,12)13)15(2)8-5-3-4-6-8/h7-9H,3-6,14H2,1-2H3. The van der Waals surface area contributed by atoms with E-state index in [1.165, 1.54) is 18.9 Å². The Kier molecular flexibility index (Phi) is 4.00. The molecule has 0 bridgehead atoms. The maximum atomic E-state index is 12.8. The highest BCUT2D eigenvalue weighted by atomic mass is 19.4. The summed E-state index contributed by atoms with van der Waals surface area (Å²) in [6, 6.07) is -2.35. The molecule has 0 amide bonds. The summed E-state index contributed by atoms with van der Waals surface area (Å²) in [4.78, 5) is 1.41. The summed E-state index contributed by atoms with van der Waals surface area (Å²) in [5.74, 6) is 0. The van der Waals surface area contributed by atoms with Crippen LogP contribution < -0.4 is 5.73 Å². The van der Waals surface area contributed by atoms with Crippen molar-refractivity contribution < 1.29 is 13.2 Å². The van der Waals surface area contributed by atoms with Crippen LogP contribution in [0.5, 0.6) is 0 Å². The molecule has 2 nitrogen and oxygen atoms in total. The van der Waals surface area contributed by atoms with Crippen molar-refractivity contribution in [3.63, 3.8) is 0 Å². The van der Waals surface area contributed by atoms with Crippen molar-refractivity contribution in [3.05, 3.63) is 0 Å². The summed E-state index contributed by atoms with van der Waals surface area (Å²) in [6.45, 7) is 1.42. The summed E-state index contributed by atoms with van der Waals surface area (Å²) >= 11 is 0.